The molecule has 2 rings (SSSR count). The molecule has 0 atom stereocenters. The van der Waals surface area contributed by atoms with E-state index in [0.29, 0.717) is 31.3 Å². The second-order valence-electron chi connectivity index (χ2n) is 7.07. The lowest BCUT2D eigenvalue weighted by molar-refractivity contribution is 0.0599. The molecule has 0 unspecified atom stereocenters. The summed E-state index contributed by atoms with van der Waals surface area (Å²) in [7, 11) is 6.98. The Morgan fingerprint density at radius 2 is 1.52 bits per heavy atom. The Balaban J connectivity index is 1.58. The van der Waals surface area contributed by atoms with Gasteiger partial charge in [-0.05, 0) is 37.7 Å². The monoisotopic (exact) mass is 471 g/mol. The van der Waals surface area contributed by atoms with E-state index in [1.165, 1.54) is 10.6 Å². The van der Waals surface area contributed by atoms with Crippen LogP contribution in [0.5, 0.6) is 0 Å². The van der Waals surface area contributed by atoms with Crippen LogP contribution in [0.15, 0.2) is 24.3 Å². The summed E-state index contributed by atoms with van der Waals surface area (Å²) < 4.78 is 15.1. The molecule has 1 amide bonds. The average molecular weight is 472 g/mol. The molecule has 8 nitrogen and oxygen atoms in total. The Bertz CT molecular complexity index is 669. The van der Waals surface area contributed by atoms with Crippen LogP contribution in [0.3, 0.4) is 0 Å². The predicted molar refractivity (Wildman–Crippen MR) is 128 cm³/mol. The number of benzene rings is 1. The van der Waals surface area contributed by atoms with Gasteiger partial charge in [-0.15, -0.1) is 0 Å². The lowest BCUT2D eigenvalue weighted by Crippen LogP contribution is -2.44. The first kappa shape index (κ1) is 25.5. The van der Waals surface area contributed by atoms with Crippen molar-refractivity contribution in [3.8, 4) is 0 Å². The maximum Gasteiger partial charge on any atom is 0.508 e. The minimum atomic E-state index is -0.624. The Hall–Kier alpha value is -1.78. The molecular formula is C21H33N3O5S2. The standard InChI is InChI=1S/C21H33N3O5S2/c1-4-13-28-21(26)29-15-17-31-30-16-14-27-20(25)23(3)18-5-7-19(8-6-18)24-11-9-22(2)10-12-24/h5-8H,4,9-17H2,1-3H3. The van der Waals surface area contributed by atoms with Gasteiger partial charge in [0.15, 0.2) is 0 Å². The number of hydrogen-bond acceptors (Lipinski definition) is 9. The molecule has 10 heteroatoms. The average Bonchev–Trinajstić information content (AvgIpc) is 2.79. The highest BCUT2D eigenvalue weighted by Crippen LogP contribution is 2.23. The van der Waals surface area contributed by atoms with Gasteiger partial charge in [0.25, 0.3) is 0 Å². The summed E-state index contributed by atoms with van der Waals surface area (Å²) >= 11 is 0. The summed E-state index contributed by atoms with van der Waals surface area (Å²) in [5.74, 6) is 1.31. The van der Waals surface area contributed by atoms with E-state index >= 15 is 0 Å². The molecule has 1 aromatic rings. The van der Waals surface area contributed by atoms with Crippen LogP contribution in [-0.4, -0.2) is 88.7 Å². The number of amides is 1. The highest BCUT2D eigenvalue weighted by atomic mass is 33.1. The van der Waals surface area contributed by atoms with Crippen molar-refractivity contribution < 1.29 is 23.8 Å². The molecule has 0 bridgehead atoms. The third-order valence-electron chi connectivity index (χ3n) is 4.67. The number of carbonyl (C=O) groups is 2. The number of ether oxygens (including phenoxy) is 3. The third kappa shape index (κ3) is 9.49. The Morgan fingerprint density at radius 3 is 2.13 bits per heavy atom. The van der Waals surface area contributed by atoms with Crippen molar-refractivity contribution in [2.75, 3.05) is 81.4 Å². The van der Waals surface area contributed by atoms with Gasteiger partial charge in [0.05, 0.1) is 6.61 Å². The maximum absolute atomic E-state index is 12.3. The van der Waals surface area contributed by atoms with Crippen molar-refractivity contribution in [3.05, 3.63) is 24.3 Å². The Morgan fingerprint density at radius 1 is 0.935 bits per heavy atom. The van der Waals surface area contributed by atoms with Crippen molar-refractivity contribution in [1.82, 2.24) is 4.90 Å². The largest absolute Gasteiger partial charge is 0.508 e. The minimum absolute atomic E-state index is 0.298. The van der Waals surface area contributed by atoms with Gasteiger partial charge in [-0.3, -0.25) is 4.90 Å². The molecular weight excluding hydrogens is 438 g/mol. The summed E-state index contributed by atoms with van der Waals surface area (Å²) in [5, 5.41) is 0. The molecule has 174 valence electrons. The van der Waals surface area contributed by atoms with E-state index in [0.717, 1.165) is 38.3 Å². The van der Waals surface area contributed by atoms with Gasteiger partial charge in [-0.2, -0.15) is 0 Å². The van der Waals surface area contributed by atoms with Crippen LogP contribution in [0.25, 0.3) is 0 Å². The van der Waals surface area contributed by atoms with Crippen LogP contribution in [0.2, 0.25) is 0 Å². The summed E-state index contributed by atoms with van der Waals surface area (Å²) in [4.78, 5) is 29.6. The van der Waals surface area contributed by atoms with Crippen LogP contribution in [-0.2, 0) is 14.2 Å². The first-order valence-corrected chi connectivity index (χ1v) is 13.0. The van der Waals surface area contributed by atoms with Crippen molar-refractivity contribution >= 4 is 45.2 Å². The molecule has 31 heavy (non-hydrogen) atoms. The summed E-state index contributed by atoms with van der Waals surface area (Å²) in [6.45, 7) is 7.06. The number of likely N-dealkylation sites (N-methyl/N-ethyl adjacent to an activating group) is 1. The molecule has 0 spiro atoms. The summed E-state index contributed by atoms with van der Waals surface area (Å²) in [5.41, 5.74) is 1.98. The zero-order valence-corrected chi connectivity index (χ0v) is 20.2. The first-order chi connectivity index (χ1) is 15.0. The van der Waals surface area contributed by atoms with Gasteiger partial charge in [-0.25, -0.2) is 9.59 Å². The third-order valence-corrected chi connectivity index (χ3v) is 7.00. The van der Waals surface area contributed by atoms with Gasteiger partial charge < -0.3 is 24.0 Å². The van der Waals surface area contributed by atoms with Crippen LogP contribution >= 0.6 is 21.6 Å². The normalized spacial score (nSPS) is 14.2. The van der Waals surface area contributed by atoms with Crippen molar-refractivity contribution in [2.24, 2.45) is 0 Å². The van der Waals surface area contributed by atoms with Gasteiger partial charge in [0, 0.05) is 56.1 Å². The van der Waals surface area contributed by atoms with E-state index in [2.05, 4.69) is 29.0 Å². The Labute approximate surface area is 192 Å². The summed E-state index contributed by atoms with van der Waals surface area (Å²) in [6.07, 6.45) is -0.226. The summed E-state index contributed by atoms with van der Waals surface area (Å²) in [6, 6.07) is 8.00. The van der Waals surface area contributed by atoms with E-state index in [-0.39, 0.29) is 6.09 Å². The highest BCUT2D eigenvalue weighted by molar-refractivity contribution is 8.76. The van der Waals surface area contributed by atoms with Crippen LogP contribution in [0.4, 0.5) is 21.0 Å². The van der Waals surface area contributed by atoms with Crippen LogP contribution < -0.4 is 9.80 Å². The smallest absolute Gasteiger partial charge is 0.448 e. The molecule has 0 saturated carbocycles. The number of hydrogen-bond donors (Lipinski definition) is 0. The number of piperazine rings is 1. The van der Waals surface area contributed by atoms with E-state index in [9.17, 15) is 9.59 Å². The predicted octanol–water partition coefficient (Wildman–Crippen LogP) is 3.96. The van der Waals surface area contributed by atoms with Crippen molar-refractivity contribution in [1.29, 1.82) is 0 Å². The SMILES string of the molecule is CCCOC(=O)OCCSSCCOC(=O)N(C)c1ccc(N2CCN(C)CC2)cc1. The molecule has 1 saturated heterocycles. The lowest BCUT2D eigenvalue weighted by atomic mass is 10.2. The number of carbonyl (C=O) groups excluding carboxylic acids is 2. The van der Waals surface area contributed by atoms with Crippen LogP contribution in [0.1, 0.15) is 13.3 Å². The van der Waals surface area contributed by atoms with Crippen LogP contribution in [0, 0.1) is 0 Å². The second kappa shape index (κ2) is 14.3. The second-order valence-corrected chi connectivity index (χ2v) is 9.77. The highest BCUT2D eigenvalue weighted by Gasteiger charge is 2.16. The van der Waals surface area contributed by atoms with E-state index < -0.39 is 6.16 Å². The van der Waals surface area contributed by atoms with Gasteiger partial charge in [-0.1, -0.05) is 28.5 Å². The molecule has 1 fully saturated rings. The number of nitrogens with zero attached hydrogens (tertiary/aromatic N) is 3. The fourth-order valence-corrected chi connectivity index (χ4v) is 4.47. The zero-order valence-electron chi connectivity index (χ0n) is 18.6. The molecule has 0 aliphatic carbocycles. The Kier molecular flexibility index (Phi) is 11.8. The number of anilines is 2. The van der Waals surface area contributed by atoms with E-state index in [1.807, 2.05) is 19.1 Å². The number of rotatable bonds is 11. The first-order valence-electron chi connectivity index (χ1n) is 10.5. The molecule has 1 aliphatic rings. The topological polar surface area (TPSA) is 71.5 Å². The molecule has 1 aromatic carbocycles. The van der Waals surface area contributed by atoms with Gasteiger partial charge >= 0.3 is 12.2 Å². The zero-order chi connectivity index (χ0) is 22.5. The minimum Gasteiger partial charge on any atom is -0.448 e. The van der Waals surface area contributed by atoms with E-state index in [4.69, 9.17) is 14.2 Å². The molecule has 0 aromatic heterocycles. The molecule has 0 N–H and O–H groups in total. The van der Waals surface area contributed by atoms with Gasteiger partial charge in [0.1, 0.15) is 13.2 Å². The quantitative estimate of drug-likeness (QED) is 0.271. The molecule has 1 heterocycles. The molecule has 0 radical (unpaired) electrons. The van der Waals surface area contributed by atoms with E-state index in [1.54, 1.807) is 28.6 Å². The molecule has 1 aliphatic heterocycles. The fraction of sp³-hybridized carbons (Fsp3) is 0.619. The van der Waals surface area contributed by atoms with Crippen molar-refractivity contribution in [2.45, 2.75) is 13.3 Å². The lowest BCUT2D eigenvalue weighted by Gasteiger charge is -2.34. The maximum atomic E-state index is 12.3. The fourth-order valence-electron chi connectivity index (χ4n) is 2.82. The van der Waals surface area contributed by atoms with Gasteiger partial charge in [0.2, 0.25) is 0 Å². The van der Waals surface area contributed by atoms with Crippen molar-refractivity contribution in [3.63, 3.8) is 0 Å².